The normalized spacial score (nSPS) is 16.3. The zero-order valence-corrected chi connectivity index (χ0v) is 20.1. The number of nitrogens with zero attached hydrogens (tertiary/aromatic N) is 3. The van der Waals surface area contributed by atoms with Gasteiger partial charge in [-0.3, -0.25) is 14.5 Å². The summed E-state index contributed by atoms with van der Waals surface area (Å²) in [5.41, 5.74) is 1.54. The summed E-state index contributed by atoms with van der Waals surface area (Å²) in [6, 6.07) is 12.3. The van der Waals surface area contributed by atoms with E-state index in [-0.39, 0.29) is 25.2 Å². The van der Waals surface area contributed by atoms with Gasteiger partial charge in [0.05, 0.1) is 11.7 Å². The second kappa shape index (κ2) is 11.4. The molecule has 35 heavy (non-hydrogen) atoms. The van der Waals surface area contributed by atoms with Crippen LogP contribution in [0, 0.1) is 5.82 Å². The third-order valence-electron chi connectivity index (χ3n) is 6.24. The molecule has 2 aromatic carbocycles. The van der Waals surface area contributed by atoms with Gasteiger partial charge in [0, 0.05) is 45.8 Å². The number of hydrogen-bond acceptors (Lipinski definition) is 7. The van der Waals surface area contributed by atoms with E-state index in [0.717, 1.165) is 5.56 Å². The lowest BCUT2D eigenvalue weighted by atomic mass is 10.0. The zero-order valence-electron chi connectivity index (χ0n) is 20.1. The molecule has 0 saturated carbocycles. The van der Waals surface area contributed by atoms with Crippen molar-refractivity contribution in [3.63, 3.8) is 0 Å². The van der Waals surface area contributed by atoms with Crippen molar-refractivity contribution in [2.75, 3.05) is 71.6 Å². The summed E-state index contributed by atoms with van der Waals surface area (Å²) in [6.07, 6.45) is 0. The molecule has 1 fully saturated rings. The van der Waals surface area contributed by atoms with Crippen LogP contribution < -0.4 is 25.0 Å². The average molecular weight is 486 g/mol. The fraction of sp³-hybridized carbons (Fsp3) is 0.440. The first kappa shape index (κ1) is 24.7. The number of piperazine rings is 1. The molecule has 1 unspecified atom stereocenters. The van der Waals surface area contributed by atoms with Gasteiger partial charge in [-0.15, -0.1) is 0 Å². The van der Waals surface area contributed by atoms with Gasteiger partial charge in [-0.2, -0.15) is 0 Å². The molecule has 2 aliphatic heterocycles. The van der Waals surface area contributed by atoms with Crippen molar-refractivity contribution >= 4 is 17.5 Å². The van der Waals surface area contributed by atoms with Gasteiger partial charge in [0.15, 0.2) is 11.5 Å². The lowest BCUT2D eigenvalue weighted by molar-refractivity contribution is -0.139. The van der Waals surface area contributed by atoms with Gasteiger partial charge >= 0.3 is 11.8 Å². The van der Waals surface area contributed by atoms with E-state index in [1.807, 2.05) is 48.2 Å². The number of rotatable bonds is 8. The number of carbonyl (C=O) groups excluding carboxylic acids is 2. The van der Waals surface area contributed by atoms with Crippen LogP contribution in [-0.4, -0.2) is 88.3 Å². The highest BCUT2D eigenvalue weighted by Gasteiger charge is 2.28. The van der Waals surface area contributed by atoms with Gasteiger partial charge in [-0.05, 0) is 43.9 Å². The largest absolute Gasteiger partial charge is 0.454 e. The van der Waals surface area contributed by atoms with Gasteiger partial charge in [-0.25, -0.2) is 4.39 Å². The molecule has 188 valence electrons. The molecule has 2 amide bonds. The zero-order chi connectivity index (χ0) is 24.8. The number of amides is 2. The molecule has 2 heterocycles. The summed E-state index contributed by atoms with van der Waals surface area (Å²) in [7, 11) is 3.79. The van der Waals surface area contributed by atoms with E-state index < -0.39 is 11.8 Å². The number of anilines is 1. The molecule has 1 atom stereocenters. The molecule has 2 aliphatic rings. The van der Waals surface area contributed by atoms with Crippen molar-refractivity contribution in [2.45, 2.75) is 6.04 Å². The lowest BCUT2D eigenvalue weighted by Gasteiger charge is -2.40. The maximum atomic E-state index is 14.3. The predicted octanol–water partition coefficient (Wildman–Crippen LogP) is 1.21. The highest BCUT2D eigenvalue weighted by molar-refractivity contribution is 6.35. The summed E-state index contributed by atoms with van der Waals surface area (Å²) >= 11 is 0. The summed E-state index contributed by atoms with van der Waals surface area (Å²) in [6.45, 7) is 4.07. The first-order chi connectivity index (χ1) is 16.9. The van der Waals surface area contributed by atoms with E-state index in [1.54, 1.807) is 12.1 Å². The van der Waals surface area contributed by atoms with Crippen molar-refractivity contribution in [1.82, 2.24) is 20.4 Å². The van der Waals surface area contributed by atoms with Gasteiger partial charge in [0.1, 0.15) is 5.82 Å². The van der Waals surface area contributed by atoms with E-state index in [9.17, 15) is 14.0 Å². The predicted molar refractivity (Wildman–Crippen MR) is 130 cm³/mol. The molecule has 0 aliphatic carbocycles. The van der Waals surface area contributed by atoms with Crippen LogP contribution in [-0.2, 0) is 9.59 Å². The minimum Gasteiger partial charge on any atom is -0.454 e. The van der Waals surface area contributed by atoms with E-state index in [2.05, 4.69) is 15.5 Å². The standard InChI is InChI=1S/C25H32FN5O4/c1-29(2)10-9-27-24(32)25(33)28-16-21(18-7-8-22-23(15-18)35-17-34-22)31-13-11-30(12-14-31)20-6-4-3-5-19(20)26/h3-8,15,21H,9-14,16-17H2,1-2H3,(H,27,32)(H,28,33). The number of likely N-dealkylation sites (N-methyl/N-ethyl adjacent to an activating group) is 1. The molecule has 2 N–H and O–H groups in total. The third kappa shape index (κ3) is 6.20. The van der Waals surface area contributed by atoms with Crippen molar-refractivity contribution in [3.8, 4) is 11.5 Å². The topological polar surface area (TPSA) is 86.4 Å². The maximum Gasteiger partial charge on any atom is 0.309 e. The number of benzene rings is 2. The van der Waals surface area contributed by atoms with Crippen LogP contribution in [0.1, 0.15) is 11.6 Å². The van der Waals surface area contributed by atoms with Crippen LogP contribution >= 0.6 is 0 Å². The van der Waals surface area contributed by atoms with Crippen molar-refractivity contribution in [1.29, 1.82) is 0 Å². The van der Waals surface area contributed by atoms with Crippen molar-refractivity contribution < 1.29 is 23.5 Å². The summed E-state index contributed by atoms with van der Waals surface area (Å²) in [5.74, 6) is -0.215. The van der Waals surface area contributed by atoms with Crippen molar-refractivity contribution in [2.24, 2.45) is 0 Å². The van der Waals surface area contributed by atoms with Crippen LogP contribution in [0.25, 0.3) is 0 Å². The minimum absolute atomic E-state index is 0.175. The van der Waals surface area contributed by atoms with Crippen LogP contribution in [0.4, 0.5) is 10.1 Å². The SMILES string of the molecule is CN(C)CCNC(=O)C(=O)NCC(c1ccc2c(c1)OCO2)N1CCN(c2ccccc2F)CC1. The fourth-order valence-corrected chi connectivity index (χ4v) is 4.30. The van der Waals surface area contributed by atoms with E-state index in [4.69, 9.17) is 9.47 Å². The minimum atomic E-state index is -0.667. The number of carbonyl (C=O) groups is 2. The Balaban J connectivity index is 1.43. The number of fused-ring (bicyclic) bond motifs is 1. The van der Waals surface area contributed by atoms with Crippen LogP contribution in [0.15, 0.2) is 42.5 Å². The first-order valence-electron chi connectivity index (χ1n) is 11.8. The molecule has 0 spiro atoms. The summed E-state index contributed by atoms with van der Waals surface area (Å²) in [5, 5.41) is 5.42. The van der Waals surface area contributed by atoms with E-state index >= 15 is 0 Å². The van der Waals surface area contributed by atoms with Crippen LogP contribution in [0.5, 0.6) is 11.5 Å². The van der Waals surface area contributed by atoms with Crippen molar-refractivity contribution in [3.05, 3.63) is 53.8 Å². The Kier molecular flexibility index (Phi) is 8.04. The Morgan fingerprint density at radius 2 is 1.71 bits per heavy atom. The second-order valence-electron chi connectivity index (χ2n) is 8.87. The molecule has 10 heteroatoms. The maximum absolute atomic E-state index is 14.3. The quantitative estimate of drug-likeness (QED) is 0.544. The summed E-state index contributed by atoms with van der Waals surface area (Å²) in [4.78, 5) is 30.8. The van der Waals surface area contributed by atoms with Gasteiger partial charge in [0.2, 0.25) is 6.79 Å². The molecule has 0 aromatic heterocycles. The van der Waals surface area contributed by atoms with Gasteiger partial charge in [-0.1, -0.05) is 18.2 Å². The molecule has 9 nitrogen and oxygen atoms in total. The number of halogens is 1. The van der Waals surface area contributed by atoms with Gasteiger partial charge < -0.3 is 29.9 Å². The second-order valence-corrected chi connectivity index (χ2v) is 8.87. The number of para-hydroxylation sites is 1. The van der Waals surface area contributed by atoms with Gasteiger partial charge in [0.25, 0.3) is 0 Å². The third-order valence-corrected chi connectivity index (χ3v) is 6.24. The Morgan fingerprint density at radius 3 is 2.46 bits per heavy atom. The molecule has 4 rings (SSSR count). The summed E-state index contributed by atoms with van der Waals surface area (Å²) < 4.78 is 25.2. The molecule has 0 radical (unpaired) electrons. The Labute approximate surface area is 204 Å². The van der Waals surface area contributed by atoms with E-state index in [1.165, 1.54) is 6.07 Å². The van der Waals surface area contributed by atoms with Crippen LogP contribution in [0.3, 0.4) is 0 Å². The molecule has 0 bridgehead atoms. The fourth-order valence-electron chi connectivity index (χ4n) is 4.30. The Hall–Kier alpha value is -3.37. The first-order valence-corrected chi connectivity index (χ1v) is 11.8. The Bertz CT molecular complexity index is 1040. The average Bonchev–Trinajstić information content (AvgIpc) is 3.32. The smallest absolute Gasteiger partial charge is 0.309 e. The molecular weight excluding hydrogens is 453 g/mol. The number of ether oxygens (including phenoxy) is 2. The highest BCUT2D eigenvalue weighted by atomic mass is 19.1. The monoisotopic (exact) mass is 485 g/mol. The highest BCUT2D eigenvalue weighted by Crippen LogP contribution is 2.36. The molecule has 1 saturated heterocycles. The molecular formula is C25H32FN5O4. The Morgan fingerprint density at radius 1 is 1.00 bits per heavy atom. The lowest BCUT2D eigenvalue weighted by Crippen LogP contribution is -2.51. The number of hydrogen-bond donors (Lipinski definition) is 2. The molecule has 2 aromatic rings. The van der Waals surface area contributed by atoms with Crippen LogP contribution in [0.2, 0.25) is 0 Å². The van der Waals surface area contributed by atoms with E-state index in [0.29, 0.717) is 56.5 Å². The number of nitrogens with one attached hydrogen (secondary N) is 2.